The first-order chi connectivity index (χ1) is 10.5. The summed E-state index contributed by atoms with van der Waals surface area (Å²) in [5.41, 5.74) is 0.909. The van der Waals surface area contributed by atoms with E-state index in [1.807, 2.05) is 44.2 Å². The molecule has 0 aliphatic carbocycles. The van der Waals surface area contributed by atoms with Crippen LogP contribution in [0, 0.1) is 5.92 Å². The van der Waals surface area contributed by atoms with Gasteiger partial charge < -0.3 is 13.1 Å². The molecule has 0 aromatic heterocycles. The van der Waals surface area contributed by atoms with Crippen molar-refractivity contribution in [2.24, 2.45) is 5.92 Å². The van der Waals surface area contributed by atoms with Crippen molar-refractivity contribution in [1.82, 2.24) is 5.32 Å². The average molecular weight is 419 g/mol. The normalized spacial score (nSPS) is 13.5. The van der Waals surface area contributed by atoms with E-state index in [0.29, 0.717) is 18.8 Å². The van der Waals surface area contributed by atoms with Crippen molar-refractivity contribution in [2.75, 3.05) is 7.05 Å². The van der Waals surface area contributed by atoms with Crippen molar-refractivity contribution in [3.8, 4) is 0 Å². The lowest BCUT2D eigenvalue weighted by atomic mass is 10.0. The standard InChI is InChI=1S/C16H22INO4/c1-11(2)9-13(18-3)15(19)21-14(16(20)22-17)10-12-7-5-4-6-8-12/h4-8,11,13-14,18H,9-10H2,1-3H3/t13-,14+/m0/s1. The van der Waals surface area contributed by atoms with E-state index in [0.717, 1.165) is 5.56 Å². The molecular formula is C16H22INO4. The highest BCUT2D eigenvalue weighted by atomic mass is 127. The minimum Gasteiger partial charge on any atom is -0.449 e. The first kappa shape index (κ1) is 18.9. The molecule has 0 bridgehead atoms. The summed E-state index contributed by atoms with van der Waals surface area (Å²) in [6, 6.07) is 8.97. The Morgan fingerprint density at radius 2 is 1.82 bits per heavy atom. The number of nitrogens with one attached hydrogen (secondary N) is 1. The number of esters is 1. The molecule has 1 aromatic rings. The molecular weight excluding hydrogens is 397 g/mol. The van der Waals surface area contributed by atoms with Crippen LogP contribution in [-0.4, -0.2) is 31.1 Å². The minimum absolute atomic E-state index is 0.298. The van der Waals surface area contributed by atoms with Crippen LogP contribution in [0.1, 0.15) is 25.8 Å². The second-order valence-electron chi connectivity index (χ2n) is 5.48. The van der Waals surface area contributed by atoms with Crippen molar-refractivity contribution < 1.29 is 17.4 Å². The maximum atomic E-state index is 12.2. The summed E-state index contributed by atoms with van der Waals surface area (Å²) in [4.78, 5) is 24.1. The summed E-state index contributed by atoms with van der Waals surface area (Å²) in [6.07, 6.45) is 0.00829. The molecule has 22 heavy (non-hydrogen) atoms. The number of ether oxygens (including phenoxy) is 1. The Morgan fingerprint density at radius 1 is 1.18 bits per heavy atom. The van der Waals surface area contributed by atoms with Crippen LogP contribution in [0.4, 0.5) is 0 Å². The van der Waals surface area contributed by atoms with E-state index in [1.54, 1.807) is 7.05 Å². The Labute approximate surface area is 145 Å². The van der Waals surface area contributed by atoms with Gasteiger partial charge in [0.25, 0.3) is 0 Å². The molecule has 2 atom stereocenters. The molecule has 0 unspecified atom stereocenters. The molecule has 1 aromatic carbocycles. The SMILES string of the molecule is CN[C@@H](CC(C)C)C(=O)O[C@H](Cc1ccccc1)C(=O)OI. The zero-order chi connectivity index (χ0) is 16.5. The van der Waals surface area contributed by atoms with Crippen LogP contribution in [-0.2, 0) is 23.8 Å². The summed E-state index contributed by atoms with van der Waals surface area (Å²) >= 11 is 1.51. The fourth-order valence-electron chi connectivity index (χ4n) is 2.08. The zero-order valence-electron chi connectivity index (χ0n) is 13.0. The Balaban J connectivity index is 2.76. The van der Waals surface area contributed by atoms with Crippen LogP contribution in [0.2, 0.25) is 0 Å². The Hall–Kier alpha value is -1.15. The third-order valence-corrected chi connectivity index (χ3v) is 3.64. The van der Waals surface area contributed by atoms with E-state index >= 15 is 0 Å². The number of carbonyl (C=O) groups excluding carboxylic acids is 2. The molecule has 122 valence electrons. The van der Waals surface area contributed by atoms with Crippen molar-refractivity contribution in [3.05, 3.63) is 35.9 Å². The predicted molar refractivity (Wildman–Crippen MR) is 92.4 cm³/mol. The molecule has 0 spiro atoms. The molecule has 1 rings (SSSR count). The highest BCUT2D eigenvalue weighted by Gasteiger charge is 2.28. The van der Waals surface area contributed by atoms with Crippen LogP contribution in [0.5, 0.6) is 0 Å². The fourth-order valence-corrected chi connectivity index (χ4v) is 2.36. The molecule has 0 aliphatic rings. The van der Waals surface area contributed by atoms with Crippen molar-refractivity contribution in [2.45, 2.75) is 38.8 Å². The molecule has 0 aliphatic heterocycles. The van der Waals surface area contributed by atoms with Crippen LogP contribution in [0.15, 0.2) is 30.3 Å². The van der Waals surface area contributed by atoms with Gasteiger partial charge in [-0.05, 0) is 24.9 Å². The number of hydrogen-bond acceptors (Lipinski definition) is 5. The second-order valence-corrected chi connectivity index (χ2v) is 5.92. The second kappa shape index (κ2) is 9.78. The smallest absolute Gasteiger partial charge is 0.357 e. The van der Waals surface area contributed by atoms with E-state index < -0.39 is 24.1 Å². The number of carbonyl (C=O) groups is 2. The molecule has 0 amide bonds. The van der Waals surface area contributed by atoms with Gasteiger partial charge in [0.1, 0.15) is 6.04 Å². The molecule has 0 saturated carbocycles. The molecule has 1 N–H and O–H groups in total. The van der Waals surface area contributed by atoms with E-state index in [1.165, 1.54) is 23.0 Å². The van der Waals surface area contributed by atoms with Gasteiger partial charge in [-0.2, -0.15) is 0 Å². The molecule has 0 heterocycles. The first-order valence-corrected chi connectivity index (χ1v) is 8.10. The Kier molecular flexibility index (Phi) is 8.40. The summed E-state index contributed by atoms with van der Waals surface area (Å²) in [5, 5.41) is 2.93. The highest BCUT2D eigenvalue weighted by molar-refractivity contribution is 14.1. The van der Waals surface area contributed by atoms with Gasteiger partial charge in [-0.3, -0.25) is 4.79 Å². The predicted octanol–water partition coefficient (Wildman–Crippen LogP) is 2.67. The van der Waals surface area contributed by atoms with Gasteiger partial charge in [-0.25, -0.2) is 4.79 Å². The van der Waals surface area contributed by atoms with Crippen LogP contribution in [0.3, 0.4) is 0 Å². The lowest BCUT2D eigenvalue weighted by Crippen LogP contribution is -2.41. The lowest BCUT2D eigenvalue weighted by molar-refractivity contribution is -0.162. The van der Waals surface area contributed by atoms with Gasteiger partial charge >= 0.3 is 11.9 Å². The minimum atomic E-state index is -0.935. The van der Waals surface area contributed by atoms with Crippen molar-refractivity contribution >= 4 is 34.9 Å². The third-order valence-electron chi connectivity index (χ3n) is 3.20. The maximum absolute atomic E-state index is 12.2. The van der Waals surface area contributed by atoms with E-state index in [4.69, 9.17) is 7.80 Å². The van der Waals surface area contributed by atoms with Crippen molar-refractivity contribution in [3.63, 3.8) is 0 Å². The maximum Gasteiger partial charge on any atom is 0.357 e. The summed E-state index contributed by atoms with van der Waals surface area (Å²) in [7, 11) is 1.71. The number of hydrogen-bond donors (Lipinski definition) is 1. The van der Waals surface area contributed by atoms with Gasteiger partial charge in [0.15, 0.2) is 23.0 Å². The number of likely N-dealkylation sites (N-methyl/N-ethyl adjacent to an activating group) is 1. The highest BCUT2D eigenvalue weighted by Crippen LogP contribution is 2.12. The fraction of sp³-hybridized carbons (Fsp3) is 0.500. The monoisotopic (exact) mass is 419 g/mol. The topological polar surface area (TPSA) is 64.6 Å². The Bertz CT molecular complexity index is 478. The summed E-state index contributed by atoms with van der Waals surface area (Å²) in [5.74, 6) is -0.648. The van der Waals surface area contributed by atoms with Crippen LogP contribution >= 0.6 is 23.0 Å². The van der Waals surface area contributed by atoms with Crippen LogP contribution < -0.4 is 5.32 Å². The average Bonchev–Trinajstić information content (AvgIpc) is 2.51. The largest absolute Gasteiger partial charge is 0.449 e. The molecule has 0 fully saturated rings. The quantitative estimate of drug-likeness (QED) is 0.519. The van der Waals surface area contributed by atoms with Gasteiger partial charge in [0, 0.05) is 6.42 Å². The number of benzene rings is 1. The zero-order valence-corrected chi connectivity index (χ0v) is 15.2. The first-order valence-electron chi connectivity index (χ1n) is 7.22. The van der Waals surface area contributed by atoms with Gasteiger partial charge in [-0.1, -0.05) is 44.2 Å². The molecule has 6 heteroatoms. The van der Waals surface area contributed by atoms with Gasteiger partial charge in [0.05, 0.1) is 0 Å². The molecule has 5 nitrogen and oxygen atoms in total. The molecule has 0 saturated heterocycles. The van der Waals surface area contributed by atoms with Crippen molar-refractivity contribution in [1.29, 1.82) is 0 Å². The third kappa shape index (κ3) is 6.31. The van der Waals surface area contributed by atoms with E-state index in [-0.39, 0.29) is 0 Å². The van der Waals surface area contributed by atoms with Gasteiger partial charge in [-0.15, -0.1) is 0 Å². The number of halogens is 1. The molecule has 0 radical (unpaired) electrons. The van der Waals surface area contributed by atoms with Crippen LogP contribution in [0.25, 0.3) is 0 Å². The summed E-state index contributed by atoms with van der Waals surface area (Å²) < 4.78 is 10.1. The Morgan fingerprint density at radius 3 is 2.32 bits per heavy atom. The number of rotatable bonds is 8. The van der Waals surface area contributed by atoms with E-state index in [9.17, 15) is 9.59 Å². The lowest BCUT2D eigenvalue weighted by Gasteiger charge is -2.21. The summed E-state index contributed by atoms with van der Waals surface area (Å²) in [6.45, 7) is 4.05. The van der Waals surface area contributed by atoms with E-state index in [2.05, 4.69) is 5.32 Å². The van der Waals surface area contributed by atoms with Gasteiger partial charge in [0.2, 0.25) is 6.10 Å².